The van der Waals surface area contributed by atoms with Crippen LogP contribution >= 0.6 is 0 Å². The first-order chi connectivity index (χ1) is 12.9. The summed E-state index contributed by atoms with van der Waals surface area (Å²) in [7, 11) is 0. The van der Waals surface area contributed by atoms with Crippen molar-refractivity contribution >= 4 is 5.91 Å². The van der Waals surface area contributed by atoms with Gasteiger partial charge < -0.3 is 14.6 Å². The van der Waals surface area contributed by atoms with E-state index in [0.29, 0.717) is 11.4 Å². The minimum atomic E-state index is -4.76. The zero-order chi connectivity index (χ0) is 19.3. The largest absolute Gasteiger partial charge is 0.573 e. The average Bonchev–Trinajstić information content (AvgIpc) is 2.84. The normalized spacial score (nSPS) is 14.3. The van der Waals surface area contributed by atoms with Crippen LogP contribution in [0.5, 0.6) is 5.75 Å². The lowest BCUT2D eigenvalue weighted by atomic mass is 10.1. The number of benzene rings is 1. The van der Waals surface area contributed by atoms with Crippen LogP contribution in [0.4, 0.5) is 13.2 Å². The second kappa shape index (κ2) is 8.41. The molecule has 3 rings (SSSR count). The second-order valence-corrected chi connectivity index (χ2v) is 6.43. The molecule has 1 N–H and O–H groups in total. The number of ether oxygens (including phenoxy) is 1. The highest BCUT2D eigenvalue weighted by Gasteiger charge is 2.32. The van der Waals surface area contributed by atoms with Crippen molar-refractivity contribution in [1.82, 2.24) is 20.1 Å². The molecule has 2 heterocycles. The third kappa shape index (κ3) is 5.45. The summed E-state index contributed by atoms with van der Waals surface area (Å²) in [4.78, 5) is 12.1. The molecule has 146 valence electrons. The SMILES string of the molecule is O=C(CCc1ccccc1OC(F)(F)F)NCc1nnc2n1CCCCC2. The predicted octanol–water partition coefficient (Wildman–Crippen LogP) is 3.15. The third-order valence-corrected chi connectivity index (χ3v) is 4.45. The van der Waals surface area contributed by atoms with E-state index in [-0.39, 0.29) is 31.0 Å². The molecule has 27 heavy (non-hydrogen) atoms. The van der Waals surface area contributed by atoms with Gasteiger partial charge >= 0.3 is 6.36 Å². The highest BCUT2D eigenvalue weighted by Crippen LogP contribution is 2.27. The van der Waals surface area contributed by atoms with E-state index in [1.54, 1.807) is 6.07 Å². The van der Waals surface area contributed by atoms with Crippen LogP contribution in [0.25, 0.3) is 0 Å². The number of amides is 1. The van der Waals surface area contributed by atoms with Gasteiger partial charge in [-0.25, -0.2) is 0 Å². The summed E-state index contributed by atoms with van der Waals surface area (Å²) >= 11 is 0. The maximum Gasteiger partial charge on any atom is 0.573 e. The standard InChI is InChI=1S/C18H21F3N4O2/c19-18(20,21)27-14-7-4-3-6-13(14)9-10-17(26)22-12-16-24-23-15-8-2-1-5-11-25(15)16/h3-4,6-7H,1-2,5,8-12H2,(H,22,26). The summed E-state index contributed by atoms with van der Waals surface area (Å²) in [5, 5.41) is 11.1. The van der Waals surface area contributed by atoms with E-state index in [4.69, 9.17) is 0 Å². The van der Waals surface area contributed by atoms with Crippen molar-refractivity contribution in [3.8, 4) is 5.75 Å². The van der Waals surface area contributed by atoms with Crippen LogP contribution in [-0.2, 0) is 30.7 Å². The summed E-state index contributed by atoms with van der Waals surface area (Å²) in [5.41, 5.74) is 0.335. The van der Waals surface area contributed by atoms with E-state index in [0.717, 1.165) is 38.1 Å². The van der Waals surface area contributed by atoms with Gasteiger partial charge in [0.05, 0.1) is 6.54 Å². The molecular formula is C18H21F3N4O2. The van der Waals surface area contributed by atoms with Gasteiger partial charge in [0, 0.05) is 19.4 Å². The van der Waals surface area contributed by atoms with Crippen molar-refractivity contribution in [2.24, 2.45) is 0 Å². The number of nitrogens with one attached hydrogen (secondary N) is 1. The number of nitrogens with zero attached hydrogens (tertiary/aromatic N) is 3. The minimum Gasteiger partial charge on any atom is -0.406 e. The molecule has 0 fully saturated rings. The van der Waals surface area contributed by atoms with Gasteiger partial charge in [-0.15, -0.1) is 23.4 Å². The zero-order valence-electron chi connectivity index (χ0n) is 14.8. The number of alkyl halides is 3. The molecule has 0 unspecified atom stereocenters. The van der Waals surface area contributed by atoms with Crippen LogP contribution in [0.2, 0.25) is 0 Å². The third-order valence-electron chi connectivity index (χ3n) is 4.45. The lowest BCUT2D eigenvalue weighted by Gasteiger charge is -2.13. The number of carbonyl (C=O) groups excluding carboxylic acids is 1. The van der Waals surface area contributed by atoms with Gasteiger partial charge in [-0.05, 0) is 30.9 Å². The van der Waals surface area contributed by atoms with Crippen LogP contribution in [0.15, 0.2) is 24.3 Å². The number of carbonyl (C=O) groups is 1. The summed E-state index contributed by atoms with van der Waals surface area (Å²) in [6.45, 7) is 1.10. The number of para-hydroxylation sites is 1. The average molecular weight is 382 g/mol. The molecule has 1 aromatic heterocycles. The molecule has 0 radical (unpaired) electrons. The van der Waals surface area contributed by atoms with Gasteiger partial charge in [0.1, 0.15) is 11.6 Å². The maximum atomic E-state index is 12.4. The van der Waals surface area contributed by atoms with Crippen molar-refractivity contribution in [3.05, 3.63) is 41.5 Å². The van der Waals surface area contributed by atoms with E-state index in [1.165, 1.54) is 18.2 Å². The Balaban J connectivity index is 1.53. The van der Waals surface area contributed by atoms with E-state index < -0.39 is 6.36 Å². The lowest BCUT2D eigenvalue weighted by Crippen LogP contribution is -2.25. The van der Waals surface area contributed by atoms with Gasteiger partial charge in [0.2, 0.25) is 5.91 Å². The molecule has 1 aromatic carbocycles. The minimum absolute atomic E-state index is 0.0548. The number of aromatic nitrogens is 3. The quantitative estimate of drug-likeness (QED) is 0.833. The summed E-state index contributed by atoms with van der Waals surface area (Å²) in [6.07, 6.45) is -0.379. The van der Waals surface area contributed by atoms with Crippen molar-refractivity contribution < 1.29 is 22.7 Å². The van der Waals surface area contributed by atoms with Crippen molar-refractivity contribution in [2.75, 3.05) is 0 Å². The monoisotopic (exact) mass is 382 g/mol. The highest BCUT2D eigenvalue weighted by atomic mass is 19.4. The molecule has 1 aliphatic rings. The fraction of sp³-hybridized carbons (Fsp3) is 0.500. The molecule has 6 nitrogen and oxygen atoms in total. The topological polar surface area (TPSA) is 69.0 Å². The smallest absolute Gasteiger partial charge is 0.406 e. The first-order valence-corrected chi connectivity index (χ1v) is 8.94. The summed E-state index contributed by atoms with van der Waals surface area (Å²) in [6, 6.07) is 5.84. The van der Waals surface area contributed by atoms with Crippen LogP contribution in [0.1, 0.15) is 42.9 Å². The number of halogens is 3. The second-order valence-electron chi connectivity index (χ2n) is 6.43. The Hall–Kier alpha value is -2.58. The van der Waals surface area contributed by atoms with Crippen LogP contribution in [-0.4, -0.2) is 27.0 Å². The van der Waals surface area contributed by atoms with E-state index in [2.05, 4.69) is 20.3 Å². The van der Waals surface area contributed by atoms with Gasteiger partial charge in [0.25, 0.3) is 0 Å². The van der Waals surface area contributed by atoms with E-state index in [9.17, 15) is 18.0 Å². The Morgan fingerprint density at radius 1 is 1.19 bits per heavy atom. The molecule has 0 saturated heterocycles. The Kier molecular flexibility index (Phi) is 5.98. The van der Waals surface area contributed by atoms with E-state index >= 15 is 0 Å². The summed E-state index contributed by atoms with van der Waals surface area (Å²) < 4.78 is 43.4. The van der Waals surface area contributed by atoms with Crippen LogP contribution < -0.4 is 10.1 Å². The molecule has 0 bridgehead atoms. The van der Waals surface area contributed by atoms with Crippen LogP contribution in [0.3, 0.4) is 0 Å². The fourth-order valence-corrected chi connectivity index (χ4v) is 3.12. The van der Waals surface area contributed by atoms with Crippen molar-refractivity contribution in [3.63, 3.8) is 0 Å². The molecule has 0 aliphatic carbocycles. The number of hydrogen-bond acceptors (Lipinski definition) is 4. The van der Waals surface area contributed by atoms with Gasteiger partial charge in [-0.2, -0.15) is 0 Å². The Labute approximate surface area is 154 Å². The van der Waals surface area contributed by atoms with Gasteiger partial charge in [-0.3, -0.25) is 4.79 Å². The molecule has 2 aromatic rings. The Morgan fingerprint density at radius 3 is 2.81 bits per heavy atom. The zero-order valence-corrected chi connectivity index (χ0v) is 14.8. The van der Waals surface area contributed by atoms with Crippen molar-refractivity contribution in [1.29, 1.82) is 0 Å². The molecule has 0 spiro atoms. The number of rotatable bonds is 6. The Bertz CT molecular complexity index is 789. The van der Waals surface area contributed by atoms with E-state index in [1.807, 2.05) is 4.57 Å². The maximum absolute atomic E-state index is 12.4. The first kappa shape index (κ1) is 19.2. The van der Waals surface area contributed by atoms with Gasteiger partial charge in [-0.1, -0.05) is 24.6 Å². The Morgan fingerprint density at radius 2 is 2.00 bits per heavy atom. The fourth-order valence-electron chi connectivity index (χ4n) is 3.12. The van der Waals surface area contributed by atoms with Crippen LogP contribution in [0, 0.1) is 0 Å². The molecule has 9 heteroatoms. The predicted molar refractivity (Wildman–Crippen MR) is 90.9 cm³/mol. The molecule has 0 atom stereocenters. The number of fused-ring (bicyclic) bond motifs is 1. The first-order valence-electron chi connectivity index (χ1n) is 8.94. The lowest BCUT2D eigenvalue weighted by molar-refractivity contribution is -0.274. The molecule has 1 aliphatic heterocycles. The number of hydrogen-bond donors (Lipinski definition) is 1. The van der Waals surface area contributed by atoms with Crippen molar-refractivity contribution in [2.45, 2.75) is 58.0 Å². The number of aryl methyl sites for hydroxylation is 2. The molecule has 0 saturated carbocycles. The molecule has 1 amide bonds. The summed E-state index contributed by atoms with van der Waals surface area (Å²) in [5.74, 6) is 1.11. The highest BCUT2D eigenvalue weighted by molar-refractivity contribution is 5.76. The van der Waals surface area contributed by atoms with Gasteiger partial charge in [0.15, 0.2) is 5.82 Å². The molecular weight excluding hydrogens is 361 g/mol.